The van der Waals surface area contributed by atoms with Gasteiger partial charge in [0.2, 0.25) is 0 Å². The van der Waals surface area contributed by atoms with Crippen LogP contribution in [0.2, 0.25) is 0 Å². The highest BCUT2D eigenvalue weighted by Gasteiger charge is 2.17. The second-order valence-corrected chi connectivity index (χ2v) is 16.1. The summed E-state index contributed by atoms with van der Waals surface area (Å²) in [6, 6.07) is 68.2. The molecule has 0 radical (unpaired) electrons. The number of thiophene rings is 1. The maximum absolute atomic E-state index is 5.27. The molecule has 0 N–H and O–H groups in total. The molecular weight excluding hydrogens is 721 g/mol. The summed E-state index contributed by atoms with van der Waals surface area (Å²) >= 11 is 1.88. The van der Waals surface area contributed by atoms with Gasteiger partial charge in [0.05, 0.1) is 11.2 Å². The van der Waals surface area contributed by atoms with E-state index < -0.39 is 0 Å². The number of pyridine rings is 1. The third kappa shape index (κ3) is 6.08. The van der Waals surface area contributed by atoms with Gasteiger partial charge in [0.15, 0.2) is 0 Å². The largest absolute Gasteiger partial charge is 0.311 e. The van der Waals surface area contributed by atoms with Crippen LogP contribution in [0.1, 0.15) is 18.4 Å². The van der Waals surface area contributed by atoms with Gasteiger partial charge in [-0.2, -0.15) is 0 Å². The number of allylic oxidation sites excluding steroid dienone is 4. The van der Waals surface area contributed by atoms with E-state index in [1.807, 2.05) is 11.3 Å². The molecule has 0 saturated carbocycles. The van der Waals surface area contributed by atoms with Crippen molar-refractivity contribution in [3.63, 3.8) is 0 Å². The van der Waals surface area contributed by atoms with E-state index in [0.29, 0.717) is 0 Å². The normalized spacial score (nSPS) is 12.7. The lowest BCUT2D eigenvalue weighted by Gasteiger charge is -2.26. The summed E-state index contributed by atoms with van der Waals surface area (Å²) in [5, 5.41) is 6.30. The van der Waals surface area contributed by atoms with Crippen molar-refractivity contribution in [2.75, 3.05) is 4.90 Å². The van der Waals surface area contributed by atoms with Crippen LogP contribution in [-0.4, -0.2) is 4.98 Å². The number of hydrogen-bond acceptors (Lipinski definition) is 3. The Morgan fingerprint density at radius 1 is 0.414 bits per heavy atom. The van der Waals surface area contributed by atoms with E-state index in [2.05, 4.69) is 211 Å². The third-order valence-electron chi connectivity index (χ3n) is 11.5. The van der Waals surface area contributed by atoms with E-state index in [1.165, 1.54) is 69.7 Å². The Hall–Kier alpha value is -7.07. The molecule has 2 nitrogen and oxygen atoms in total. The van der Waals surface area contributed by atoms with Gasteiger partial charge in [-0.25, -0.2) is 4.98 Å². The first-order valence-electron chi connectivity index (χ1n) is 20.0. The molecule has 0 saturated heterocycles. The molecule has 58 heavy (non-hydrogen) atoms. The molecule has 1 aliphatic carbocycles. The van der Waals surface area contributed by atoms with Crippen molar-refractivity contribution in [3.8, 4) is 33.5 Å². The highest BCUT2D eigenvalue weighted by molar-refractivity contribution is 7.26. The number of aromatic nitrogens is 1. The monoisotopic (exact) mass is 758 g/mol. The number of hydrogen-bond donors (Lipinski definition) is 0. The van der Waals surface area contributed by atoms with Crippen LogP contribution in [0.15, 0.2) is 206 Å². The van der Waals surface area contributed by atoms with Crippen molar-refractivity contribution in [2.45, 2.75) is 12.8 Å². The van der Waals surface area contributed by atoms with E-state index in [-0.39, 0.29) is 0 Å². The number of anilines is 3. The molecule has 11 rings (SSSR count). The molecule has 0 bridgehead atoms. The van der Waals surface area contributed by atoms with Crippen LogP contribution < -0.4 is 4.90 Å². The molecule has 0 spiro atoms. The van der Waals surface area contributed by atoms with Gasteiger partial charge in [-0.3, -0.25) is 0 Å². The van der Waals surface area contributed by atoms with E-state index >= 15 is 0 Å². The SMILES string of the molecule is C1=CC(c2ccc(N(c3ccc(-c4ccccc4)cc3)c3ccc(-c4ccc(-c5nc6ccccc6c6c5ccc5c7ccccc7sc56)cc4)cc3)cc2)=CCC1. The van der Waals surface area contributed by atoms with Crippen molar-refractivity contribution < 1.29 is 0 Å². The average molecular weight is 759 g/mol. The van der Waals surface area contributed by atoms with Gasteiger partial charge >= 0.3 is 0 Å². The molecule has 8 aromatic carbocycles. The lowest BCUT2D eigenvalue weighted by molar-refractivity contribution is 1.04. The van der Waals surface area contributed by atoms with Gasteiger partial charge in [0, 0.05) is 59.0 Å². The molecule has 3 heteroatoms. The van der Waals surface area contributed by atoms with Gasteiger partial charge < -0.3 is 4.90 Å². The summed E-state index contributed by atoms with van der Waals surface area (Å²) in [5.74, 6) is 0. The summed E-state index contributed by atoms with van der Waals surface area (Å²) < 4.78 is 2.64. The van der Waals surface area contributed by atoms with Crippen LogP contribution in [0.25, 0.3) is 80.9 Å². The Labute approximate surface area is 342 Å². The van der Waals surface area contributed by atoms with Gasteiger partial charge in [-0.15, -0.1) is 11.3 Å². The van der Waals surface area contributed by atoms with Gasteiger partial charge in [-0.1, -0.05) is 158 Å². The smallest absolute Gasteiger partial charge is 0.0788 e. The topological polar surface area (TPSA) is 16.1 Å². The first kappa shape index (κ1) is 34.2. The summed E-state index contributed by atoms with van der Waals surface area (Å²) in [7, 11) is 0. The Morgan fingerprint density at radius 2 is 0.948 bits per heavy atom. The first-order valence-corrected chi connectivity index (χ1v) is 20.8. The number of rotatable bonds is 7. The molecule has 0 aliphatic heterocycles. The summed E-state index contributed by atoms with van der Waals surface area (Å²) in [6.07, 6.45) is 9.06. The molecule has 0 atom stereocenters. The third-order valence-corrected chi connectivity index (χ3v) is 12.7. The minimum absolute atomic E-state index is 1.02. The lowest BCUT2D eigenvalue weighted by atomic mass is 9.96. The summed E-state index contributed by atoms with van der Waals surface area (Å²) in [6.45, 7) is 0. The number of fused-ring (bicyclic) bond motifs is 7. The molecule has 0 amide bonds. The highest BCUT2D eigenvalue weighted by atomic mass is 32.1. The molecule has 274 valence electrons. The number of nitrogens with zero attached hydrogens (tertiary/aromatic N) is 2. The van der Waals surface area contributed by atoms with Crippen LogP contribution in [-0.2, 0) is 0 Å². The van der Waals surface area contributed by atoms with E-state index in [4.69, 9.17) is 4.98 Å². The second-order valence-electron chi connectivity index (χ2n) is 15.0. The van der Waals surface area contributed by atoms with Crippen molar-refractivity contribution in [1.29, 1.82) is 0 Å². The van der Waals surface area contributed by atoms with Gasteiger partial charge in [-0.05, 0) is 94.8 Å². The quantitative estimate of drug-likeness (QED) is 0.151. The van der Waals surface area contributed by atoms with Crippen LogP contribution in [0.4, 0.5) is 17.1 Å². The second kappa shape index (κ2) is 14.5. The van der Waals surface area contributed by atoms with Gasteiger partial charge in [0.1, 0.15) is 0 Å². The zero-order chi connectivity index (χ0) is 38.4. The average Bonchev–Trinajstić information content (AvgIpc) is 3.69. The van der Waals surface area contributed by atoms with Gasteiger partial charge in [0.25, 0.3) is 0 Å². The molecule has 2 heterocycles. The van der Waals surface area contributed by atoms with Crippen molar-refractivity contribution in [3.05, 3.63) is 212 Å². The molecule has 2 aromatic heterocycles. The first-order chi connectivity index (χ1) is 28.7. The Kier molecular flexibility index (Phi) is 8.53. The Morgan fingerprint density at radius 3 is 1.60 bits per heavy atom. The highest BCUT2D eigenvalue weighted by Crippen LogP contribution is 2.44. The maximum Gasteiger partial charge on any atom is 0.0788 e. The van der Waals surface area contributed by atoms with Crippen LogP contribution in [0.5, 0.6) is 0 Å². The maximum atomic E-state index is 5.27. The number of para-hydroxylation sites is 1. The standard InChI is InChI=1S/C55H38N2S/c1-3-11-37(12-4-1)40-23-29-44(30-24-40)57(45-31-25-41(26-32-45)38-13-5-2-6-14-38)46-33-27-42(28-34-46)39-19-21-43(22-20-39)54-50-36-35-48-47-15-8-10-18-52(47)58-55(48)53(50)49-16-7-9-17-51(49)56-54/h1,3-5,7-36H,2,6H2. The fourth-order valence-electron chi connectivity index (χ4n) is 8.57. The number of benzene rings is 8. The van der Waals surface area contributed by atoms with Crippen LogP contribution >= 0.6 is 11.3 Å². The predicted octanol–water partition coefficient (Wildman–Crippen LogP) is 16.0. The minimum atomic E-state index is 1.02. The molecule has 1 aliphatic rings. The molecule has 10 aromatic rings. The zero-order valence-corrected chi connectivity index (χ0v) is 32.7. The summed E-state index contributed by atoms with van der Waals surface area (Å²) in [4.78, 5) is 7.62. The minimum Gasteiger partial charge on any atom is -0.311 e. The van der Waals surface area contributed by atoms with E-state index in [0.717, 1.165) is 46.7 Å². The molecule has 0 fully saturated rings. The van der Waals surface area contributed by atoms with E-state index in [1.54, 1.807) is 0 Å². The molecule has 0 unspecified atom stereocenters. The van der Waals surface area contributed by atoms with Crippen molar-refractivity contribution in [2.24, 2.45) is 0 Å². The fraction of sp³-hybridized carbons (Fsp3) is 0.0364. The summed E-state index contributed by atoms with van der Waals surface area (Å²) in [5.41, 5.74) is 13.8. The van der Waals surface area contributed by atoms with Crippen LogP contribution in [0.3, 0.4) is 0 Å². The van der Waals surface area contributed by atoms with E-state index in [9.17, 15) is 0 Å². The van der Waals surface area contributed by atoms with Crippen LogP contribution in [0, 0.1) is 0 Å². The predicted molar refractivity (Wildman–Crippen MR) is 249 cm³/mol. The molecular formula is C55H38N2S. The Balaban J connectivity index is 0.944. The van der Waals surface area contributed by atoms with Crippen molar-refractivity contribution in [1.82, 2.24) is 4.98 Å². The van der Waals surface area contributed by atoms with Crippen molar-refractivity contribution >= 4 is 75.8 Å². The Bertz CT molecular complexity index is 3170. The zero-order valence-electron chi connectivity index (χ0n) is 31.8. The lowest BCUT2D eigenvalue weighted by Crippen LogP contribution is -2.10. The fourth-order valence-corrected chi connectivity index (χ4v) is 9.84.